The SMILES string of the molecule is COc1cccc2c1nc(N)n1nc(CN3CC4=NNC(C(F)(F)F)N4C(C)(C)C3)nc21. The first-order chi connectivity index (χ1) is 15.1. The summed E-state index contributed by atoms with van der Waals surface area (Å²) in [5, 5.41) is 9.17. The number of alkyl halides is 3. The Morgan fingerprint density at radius 1 is 1.28 bits per heavy atom. The molecule has 2 aliphatic rings. The van der Waals surface area contributed by atoms with Crippen LogP contribution in [-0.2, 0) is 6.54 Å². The average molecular weight is 449 g/mol. The number of piperazine rings is 1. The molecule has 10 nitrogen and oxygen atoms in total. The maximum absolute atomic E-state index is 13.4. The zero-order valence-corrected chi connectivity index (χ0v) is 17.7. The van der Waals surface area contributed by atoms with Gasteiger partial charge in [0.1, 0.15) is 17.1 Å². The second kappa shape index (κ2) is 6.82. The number of hydrogen-bond donors (Lipinski definition) is 2. The number of nitrogens with zero attached hydrogens (tertiary/aromatic N) is 7. The molecule has 0 amide bonds. The monoisotopic (exact) mass is 449 g/mol. The van der Waals surface area contributed by atoms with Crippen molar-refractivity contribution in [1.29, 1.82) is 0 Å². The number of para-hydroxylation sites is 1. The van der Waals surface area contributed by atoms with Gasteiger partial charge in [-0.05, 0) is 26.0 Å². The van der Waals surface area contributed by atoms with Crippen LogP contribution in [0.1, 0.15) is 19.7 Å². The molecular weight excluding hydrogens is 427 g/mol. The first kappa shape index (κ1) is 20.5. The summed E-state index contributed by atoms with van der Waals surface area (Å²) < 4.78 is 47.1. The number of amidine groups is 1. The topological polar surface area (TPSA) is 109 Å². The van der Waals surface area contributed by atoms with Crippen molar-refractivity contribution in [2.75, 3.05) is 25.9 Å². The van der Waals surface area contributed by atoms with Gasteiger partial charge in [-0.2, -0.15) is 22.8 Å². The van der Waals surface area contributed by atoms with Crippen LogP contribution in [0.15, 0.2) is 23.3 Å². The summed E-state index contributed by atoms with van der Waals surface area (Å²) in [7, 11) is 1.55. The van der Waals surface area contributed by atoms with E-state index in [1.165, 1.54) is 9.42 Å². The predicted octanol–water partition coefficient (Wildman–Crippen LogP) is 1.57. The van der Waals surface area contributed by atoms with Crippen molar-refractivity contribution in [3.05, 3.63) is 24.0 Å². The minimum absolute atomic E-state index is 0.165. The van der Waals surface area contributed by atoms with Gasteiger partial charge in [0.05, 0.1) is 25.7 Å². The van der Waals surface area contributed by atoms with Gasteiger partial charge in [0.15, 0.2) is 11.5 Å². The Balaban J connectivity index is 1.46. The molecule has 0 spiro atoms. The van der Waals surface area contributed by atoms with Crippen LogP contribution in [0.25, 0.3) is 16.6 Å². The Morgan fingerprint density at radius 3 is 2.78 bits per heavy atom. The Morgan fingerprint density at radius 2 is 2.06 bits per heavy atom. The van der Waals surface area contributed by atoms with E-state index in [9.17, 15) is 13.2 Å². The quantitative estimate of drug-likeness (QED) is 0.620. The Kier molecular flexibility index (Phi) is 4.38. The summed E-state index contributed by atoms with van der Waals surface area (Å²) in [5.74, 6) is 1.56. The third-order valence-corrected chi connectivity index (χ3v) is 5.71. The van der Waals surface area contributed by atoms with Crippen LogP contribution in [0.3, 0.4) is 0 Å². The van der Waals surface area contributed by atoms with Gasteiger partial charge in [0, 0.05) is 11.9 Å². The fraction of sp³-hybridized carbons (Fsp3) is 0.474. The standard InChI is InChI=1S/C19H22F3N9O/c1-18(2)9-29(8-13-26-27-16(30(13)18)19(20,21)22)7-12-24-15-10-5-4-6-11(32-3)14(10)25-17(23)31(15)28-12/h4-6,16,27H,7-9H2,1-3H3,(H2,23,25). The van der Waals surface area contributed by atoms with Crippen molar-refractivity contribution in [2.24, 2.45) is 5.10 Å². The molecule has 13 heteroatoms. The third kappa shape index (κ3) is 3.15. The van der Waals surface area contributed by atoms with E-state index in [1.807, 2.05) is 17.0 Å². The van der Waals surface area contributed by atoms with Gasteiger partial charge in [-0.25, -0.2) is 9.97 Å². The Labute approximate surface area is 180 Å². The fourth-order valence-corrected chi connectivity index (χ4v) is 4.52. The molecule has 2 aromatic heterocycles. The molecule has 170 valence electrons. The maximum atomic E-state index is 13.4. The summed E-state index contributed by atoms with van der Waals surface area (Å²) in [4.78, 5) is 12.3. The summed E-state index contributed by atoms with van der Waals surface area (Å²) in [6.45, 7) is 4.46. The van der Waals surface area contributed by atoms with Crippen molar-refractivity contribution in [3.63, 3.8) is 0 Å². The summed E-state index contributed by atoms with van der Waals surface area (Å²) in [6, 6.07) is 5.47. The second-order valence-electron chi connectivity index (χ2n) is 8.52. The minimum Gasteiger partial charge on any atom is -0.494 e. The van der Waals surface area contributed by atoms with Crippen LogP contribution in [0.5, 0.6) is 5.75 Å². The first-order valence-electron chi connectivity index (χ1n) is 9.97. The van der Waals surface area contributed by atoms with Gasteiger partial charge in [-0.3, -0.25) is 10.3 Å². The van der Waals surface area contributed by atoms with Gasteiger partial charge >= 0.3 is 6.18 Å². The number of aromatic nitrogens is 4. The highest BCUT2D eigenvalue weighted by Crippen LogP contribution is 2.35. The highest BCUT2D eigenvalue weighted by molar-refractivity contribution is 5.95. The van der Waals surface area contributed by atoms with Crippen molar-refractivity contribution in [1.82, 2.24) is 34.8 Å². The maximum Gasteiger partial charge on any atom is 0.428 e. The largest absolute Gasteiger partial charge is 0.494 e. The predicted molar refractivity (Wildman–Crippen MR) is 111 cm³/mol. The van der Waals surface area contributed by atoms with Crippen molar-refractivity contribution in [3.8, 4) is 5.75 Å². The minimum atomic E-state index is -4.43. The number of halogens is 3. The number of hydrazone groups is 1. The molecule has 3 N–H and O–H groups in total. The van der Waals surface area contributed by atoms with E-state index in [1.54, 1.807) is 27.0 Å². The third-order valence-electron chi connectivity index (χ3n) is 5.71. The lowest BCUT2D eigenvalue weighted by Crippen LogP contribution is -2.66. The first-order valence-corrected chi connectivity index (χ1v) is 9.97. The molecule has 0 bridgehead atoms. The number of nitrogens with two attached hydrogens (primary N) is 1. The molecule has 1 fully saturated rings. The van der Waals surface area contributed by atoms with Gasteiger partial charge in [0.25, 0.3) is 0 Å². The number of ether oxygens (including phenoxy) is 1. The molecule has 5 rings (SSSR count). The van der Waals surface area contributed by atoms with Gasteiger partial charge in [-0.15, -0.1) is 5.10 Å². The lowest BCUT2D eigenvalue weighted by molar-refractivity contribution is -0.190. The molecule has 2 aliphatic heterocycles. The molecule has 1 saturated heterocycles. The summed E-state index contributed by atoms with van der Waals surface area (Å²) >= 11 is 0. The number of hydrogen-bond acceptors (Lipinski definition) is 9. The van der Waals surface area contributed by atoms with E-state index >= 15 is 0 Å². The van der Waals surface area contributed by atoms with Crippen LogP contribution in [0, 0.1) is 0 Å². The summed E-state index contributed by atoms with van der Waals surface area (Å²) in [5.41, 5.74) is 8.64. The van der Waals surface area contributed by atoms with E-state index in [-0.39, 0.29) is 12.5 Å². The molecule has 1 aromatic carbocycles. The molecule has 1 unspecified atom stereocenters. The van der Waals surface area contributed by atoms with Crippen LogP contribution in [0.2, 0.25) is 0 Å². The van der Waals surface area contributed by atoms with Crippen LogP contribution in [-0.4, -0.2) is 73.3 Å². The molecule has 1 atom stereocenters. The van der Waals surface area contributed by atoms with Gasteiger partial charge in [0.2, 0.25) is 12.1 Å². The number of anilines is 1. The zero-order valence-electron chi connectivity index (χ0n) is 17.7. The van der Waals surface area contributed by atoms with Crippen LogP contribution < -0.4 is 15.9 Å². The molecule has 0 aliphatic carbocycles. The van der Waals surface area contributed by atoms with E-state index in [2.05, 4.69) is 25.6 Å². The van der Waals surface area contributed by atoms with Gasteiger partial charge in [-0.1, -0.05) is 6.07 Å². The van der Waals surface area contributed by atoms with E-state index in [4.69, 9.17) is 10.5 Å². The molecule has 3 aromatic rings. The van der Waals surface area contributed by atoms with Crippen LogP contribution >= 0.6 is 0 Å². The average Bonchev–Trinajstić information content (AvgIpc) is 3.32. The Hall–Kier alpha value is -3.35. The molecule has 32 heavy (non-hydrogen) atoms. The van der Waals surface area contributed by atoms with E-state index in [0.717, 1.165) is 5.39 Å². The van der Waals surface area contributed by atoms with E-state index < -0.39 is 17.9 Å². The van der Waals surface area contributed by atoms with Gasteiger partial charge < -0.3 is 15.4 Å². The lowest BCUT2D eigenvalue weighted by Gasteiger charge is -2.48. The number of rotatable bonds is 3. The summed E-state index contributed by atoms with van der Waals surface area (Å²) in [6.07, 6.45) is -6.25. The van der Waals surface area contributed by atoms with Crippen molar-refractivity contribution in [2.45, 2.75) is 38.3 Å². The number of nitrogens with one attached hydrogen (secondary N) is 1. The molecular formula is C19H22F3N9O. The zero-order chi connectivity index (χ0) is 22.8. The molecule has 0 radical (unpaired) electrons. The van der Waals surface area contributed by atoms with E-state index in [0.29, 0.717) is 41.7 Å². The Bertz CT molecular complexity index is 1240. The fourth-order valence-electron chi connectivity index (χ4n) is 4.52. The highest BCUT2D eigenvalue weighted by Gasteiger charge is 2.54. The number of benzene rings is 1. The lowest BCUT2D eigenvalue weighted by atomic mass is 9.97. The second-order valence-corrected chi connectivity index (χ2v) is 8.52. The molecule has 0 saturated carbocycles. The normalized spacial score (nSPS) is 21.0. The number of nitrogen functional groups attached to an aromatic ring is 1. The van der Waals surface area contributed by atoms with Crippen molar-refractivity contribution < 1.29 is 17.9 Å². The number of fused-ring (bicyclic) bond motifs is 4. The highest BCUT2D eigenvalue weighted by atomic mass is 19.4. The number of methoxy groups -OCH3 is 1. The molecule has 4 heterocycles. The smallest absolute Gasteiger partial charge is 0.428 e. The van der Waals surface area contributed by atoms with Crippen molar-refractivity contribution >= 4 is 28.3 Å². The van der Waals surface area contributed by atoms with Crippen LogP contribution in [0.4, 0.5) is 19.1 Å².